The molecular formula is C47H42N4O9. The molecule has 0 unspecified atom stereocenters. The van der Waals surface area contributed by atoms with Crippen LogP contribution in [-0.2, 0) is 32.6 Å². The Morgan fingerprint density at radius 3 is 1.35 bits per heavy atom. The molecule has 6 aromatic carbocycles. The highest BCUT2D eigenvalue weighted by atomic mass is 16.6. The second-order valence-electron chi connectivity index (χ2n) is 13.7. The van der Waals surface area contributed by atoms with Gasteiger partial charge in [0.2, 0.25) is 0 Å². The van der Waals surface area contributed by atoms with Gasteiger partial charge in [-0.15, -0.1) is 0 Å². The Labute approximate surface area is 346 Å². The van der Waals surface area contributed by atoms with E-state index in [1.807, 2.05) is 121 Å². The maximum absolute atomic E-state index is 13.1. The summed E-state index contributed by atoms with van der Waals surface area (Å²) in [7, 11) is 0. The first-order valence-electron chi connectivity index (χ1n) is 19.3. The summed E-state index contributed by atoms with van der Waals surface area (Å²) in [6, 6.07) is 45.3. The Balaban J connectivity index is 1.10. The molecule has 4 amide bonds. The molecule has 13 heteroatoms. The van der Waals surface area contributed by atoms with Gasteiger partial charge >= 0.3 is 24.4 Å². The third-order valence-electron chi connectivity index (χ3n) is 9.34. The van der Waals surface area contributed by atoms with E-state index in [9.17, 15) is 19.2 Å². The van der Waals surface area contributed by atoms with E-state index >= 15 is 0 Å². The molecule has 13 nitrogen and oxygen atoms in total. The Bertz CT molecular complexity index is 2400. The van der Waals surface area contributed by atoms with Crippen molar-refractivity contribution < 1.29 is 42.9 Å². The van der Waals surface area contributed by atoms with Crippen LogP contribution in [0.15, 0.2) is 152 Å². The van der Waals surface area contributed by atoms with E-state index in [0.717, 1.165) is 22.3 Å². The predicted molar refractivity (Wildman–Crippen MR) is 222 cm³/mol. The second kappa shape index (κ2) is 20.1. The number of hydrogen-bond acceptors (Lipinski definition) is 9. The van der Waals surface area contributed by atoms with Gasteiger partial charge in [0, 0.05) is 43.9 Å². The van der Waals surface area contributed by atoms with Gasteiger partial charge in [-0.05, 0) is 52.8 Å². The van der Waals surface area contributed by atoms with Gasteiger partial charge in [-0.25, -0.2) is 19.2 Å². The minimum Gasteiger partial charge on any atom is -0.485 e. The van der Waals surface area contributed by atoms with E-state index in [1.165, 1.54) is 12.1 Å². The van der Waals surface area contributed by atoms with Gasteiger partial charge in [0.1, 0.15) is 23.4 Å². The summed E-state index contributed by atoms with van der Waals surface area (Å²) in [6.45, 7) is 0.903. The lowest BCUT2D eigenvalue weighted by molar-refractivity contribution is 0.169. The molecule has 1 atom stereocenters. The average molecular weight is 807 g/mol. The monoisotopic (exact) mass is 806 g/mol. The first-order valence-corrected chi connectivity index (χ1v) is 19.3. The number of fused-ring (bicyclic) bond motifs is 1. The highest BCUT2D eigenvalue weighted by Crippen LogP contribution is 2.44. The lowest BCUT2D eigenvalue weighted by atomic mass is 9.96. The first kappa shape index (κ1) is 40.4. The van der Waals surface area contributed by atoms with Crippen LogP contribution in [0.4, 0.5) is 19.2 Å². The molecule has 0 radical (unpaired) electrons. The second-order valence-corrected chi connectivity index (χ2v) is 13.7. The molecule has 0 saturated carbocycles. The van der Waals surface area contributed by atoms with Gasteiger partial charge < -0.3 is 45.0 Å². The van der Waals surface area contributed by atoms with Crippen molar-refractivity contribution in [2.45, 2.75) is 45.1 Å². The maximum Gasteiger partial charge on any atom is 0.413 e. The molecule has 0 fully saturated rings. The third-order valence-corrected chi connectivity index (χ3v) is 9.34. The molecule has 60 heavy (non-hydrogen) atoms. The first-order chi connectivity index (χ1) is 29.3. The molecule has 0 aromatic heterocycles. The largest absolute Gasteiger partial charge is 0.485 e. The van der Waals surface area contributed by atoms with Crippen molar-refractivity contribution >= 4 is 24.4 Å². The highest BCUT2D eigenvalue weighted by Gasteiger charge is 2.28. The molecule has 1 aliphatic heterocycles. The molecule has 0 bridgehead atoms. The van der Waals surface area contributed by atoms with Crippen LogP contribution in [0.3, 0.4) is 0 Å². The van der Waals surface area contributed by atoms with E-state index in [0.29, 0.717) is 29.7 Å². The molecule has 0 aliphatic carbocycles. The Hall–Kier alpha value is -7.80. The van der Waals surface area contributed by atoms with Gasteiger partial charge in [0.15, 0.2) is 11.5 Å². The number of benzene rings is 6. The summed E-state index contributed by atoms with van der Waals surface area (Å²) < 4.78 is 29.3. The van der Waals surface area contributed by atoms with Gasteiger partial charge in [0.25, 0.3) is 0 Å². The Morgan fingerprint density at radius 2 is 0.883 bits per heavy atom. The molecule has 4 N–H and O–H groups in total. The zero-order valence-electron chi connectivity index (χ0n) is 32.4. The van der Waals surface area contributed by atoms with Gasteiger partial charge in [-0.1, -0.05) is 127 Å². The van der Waals surface area contributed by atoms with E-state index in [2.05, 4.69) is 21.3 Å². The molecule has 6 aromatic rings. The van der Waals surface area contributed by atoms with Crippen LogP contribution < -0.4 is 45.0 Å². The van der Waals surface area contributed by atoms with Crippen LogP contribution in [0.25, 0.3) is 0 Å². The lowest BCUT2D eigenvalue weighted by Gasteiger charge is -2.28. The van der Waals surface area contributed by atoms with Crippen LogP contribution in [0.5, 0.6) is 28.7 Å². The molecule has 7 rings (SSSR count). The van der Waals surface area contributed by atoms with Crippen LogP contribution >= 0.6 is 0 Å². The number of hydrogen-bond donors (Lipinski definition) is 4. The van der Waals surface area contributed by atoms with Gasteiger partial charge in [0.05, 0.1) is 0 Å². The Morgan fingerprint density at radius 1 is 0.467 bits per heavy atom. The zero-order valence-corrected chi connectivity index (χ0v) is 32.4. The Kier molecular flexibility index (Phi) is 13.5. The molecule has 304 valence electrons. The average Bonchev–Trinajstić information content (AvgIpc) is 3.28. The normalized spacial score (nSPS) is 12.7. The van der Waals surface area contributed by atoms with Crippen LogP contribution in [-0.4, -0.2) is 24.4 Å². The topological polar surface area (TPSA) is 163 Å². The van der Waals surface area contributed by atoms with Gasteiger partial charge in [-0.3, -0.25) is 0 Å². The summed E-state index contributed by atoms with van der Waals surface area (Å²) in [4.78, 5) is 52.0. The highest BCUT2D eigenvalue weighted by molar-refractivity contribution is 5.75. The molecule has 0 spiro atoms. The molecule has 0 saturated heterocycles. The summed E-state index contributed by atoms with van der Waals surface area (Å²) >= 11 is 0. The van der Waals surface area contributed by atoms with Crippen molar-refractivity contribution in [3.8, 4) is 28.7 Å². The van der Waals surface area contributed by atoms with Crippen molar-refractivity contribution in [3.05, 3.63) is 185 Å². The number of rotatable bonds is 13. The van der Waals surface area contributed by atoms with Crippen molar-refractivity contribution in [3.63, 3.8) is 0 Å². The summed E-state index contributed by atoms with van der Waals surface area (Å²) in [5.74, 6) is 0.537. The number of ether oxygens (including phenoxy) is 5. The number of nitrogens with one attached hydrogen (secondary N) is 4. The zero-order chi connectivity index (χ0) is 41.5. The predicted octanol–water partition coefficient (Wildman–Crippen LogP) is 8.91. The minimum atomic E-state index is -0.764. The van der Waals surface area contributed by atoms with E-state index in [-0.39, 0.29) is 49.2 Å². The fourth-order valence-corrected chi connectivity index (χ4v) is 6.34. The van der Waals surface area contributed by atoms with E-state index < -0.39 is 30.5 Å². The van der Waals surface area contributed by atoms with Crippen LogP contribution in [0.1, 0.15) is 45.9 Å². The third kappa shape index (κ3) is 11.6. The SMILES string of the molecule is O=C(NCc1ccccc1)Oc1cc(OC(=O)NCc2ccccc2)c2c(c1)O[C@H](c1ccc(OC(=O)NCc3ccccc3)c(OC(=O)NCc3ccccc3)c1)CC2. The van der Waals surface area contributed by atoms with Crippen LogP contribution in [0, 0.1) is 0 Å². The quantitative estimate of drug-likeness (QED) is 0.0893. The van der Waals surface area contributed by atoms with Gasteiger partial charge in [-0.2, -0.15) is 0 Å². The van der Waals surface area contributed by atoms with E-state index in [1.54, 1.807) is 18.2 Å². The molecule has 1 aliphatic rings. The summed E-state index contributed by atoms with van der Waals surface area (Å²) in [5, 5.41) is 10.9. The molecular weight excluding hydrogens is 765 g/mol. The maximum atomic E-state index is 13.1. The lowest BCUT2D eigenvalue weighted by Crippen LogP contribution is -2.28. The van der Waals surface area contributed by atoms with E-state index in [4.69, 9.17) is 23.7 Å². The van der Waals surface area contributed by atoms with Crippen molar-refractivity contribution in [1.29, 1.82) is 0 Å². The molecule has 1 heterocycles. The van der Waals surface area contributed by atoms with Crippen molar-refractivity contribution in [1.82, 2.24) is 21.3 Å². The summed E-state index contributed by atoms with van der Waals surface area (Å²) in [6.07, 6.45) is -2.72. The number of carbonyl (C=O) groups is 4. The number of amides is 4. The standard InChI is InChI=1S/C47H42N4O9/c52-44(48-28-32-13-5-1-6-14-32)56-37-26-41-38(42(27-37)59-46(54)50-30-34-17-9-3-10-18-34)22-24-39(57-41)36-21-23-40(58-45(53)49-29-33-15-7-2-8-16-33)43(25-36)60-47(55)51-31-35-19-11-4-12-20-35/h1-21,23,25-27,39H,22,24,28-31H2,(H,48,52)(H,49,53)(H,50,54)(H,51,55)/t39-/m0/s1. The van der Waals surface area contributed by atoms with Crippen molar-refractivity contribution in [2.24, 2.45) is 0 Å². The fourth-order valence-electron chi connectivity index (χ4n) is 6.34. The summed E-state index contributed by atoms with van der Waals surface area (Å²) in [5.41, 5.74) is 4.69. The number of carbonyl (C=O) groups excluding carboxylic acids is 4. The minimum absolute atomic E-state index is 0.00443. The van der Waals surface area contributed by atoms with Crippen LogP contribution in [0.2, 0.25) is 0 Å². The smallest absolute Gasteiger partial charge is 0.413 e. The fraction of sp³-hybridized carbons (Fsp3) is 0.149. The van der Waals surface area contributed by atoms with Crippen molar-refractivity contribution in [2.75, 3.05) is 0 Å².